The summed E-state index contributed by atoms with van der Waals surface area (Å²) in [4.78, 5) is 12.0. The summed E-state index contributed by atoms with van der Waals surface area (Å²) in [6.45, 7) is 2.29. The van der Waals surface area contributed by atoms with Crippen LogP contribution in [0.3, 0.4) is 0 Å². The lowest BCUT2D eigenvalue weighted by molar-refractivity contribution is -0.893. The van der Waals surface area contributed by atoms with Crippen molar-refractivity contribution in [3.8, 4) is 0 Å². The summed E-state index contributed by atoms with van der Waals surface area (Å²) in [6, 6.07) is 9.86. The predicted molar refractivity (Wildman–Crippen MR) is 154 cm³/mol. The number of carbonyl (C=O) groups excluding carboxylic acids is 1. The molecule has 0 aliphatic rings. The maximum absolute atomic E-state index is 12.0. The maximum Gasteiger partial charge on any atom is 0.132 e. The zero-order chi connectivity index (χ0) is 26.5. The van der Waals surface area contributed by atoms with Gasteiger partial charge < -0.3 is 14.4 Å². The van der Waals surface area contributed by atoms with Crippen molar-refractivity contribution in [3.63, 3.8) is 0 Å². The molecule has 0 amide bonds. The smallest absolute Gasteiger partial charge is 0.132 e. The molecule has 3 nitrogen and oxygen atoms in total. The molecule has 0 radical (unpaired) electrons. The van der Waals surface area contributed by atoms with E-state index in [0.29, 0.717) is 4.48 Å². The SMILES string of the molecule is CCCCCCCCCCCCCCCCCCCCC(Cc1ccccc1)C(C(=O)[O-])[N+](C)(C)C. The molecule has 0 fully saturated rings. The van der Waals surface area contributed by atoms with Gasteiger partial charge in [-0.2, -0.15) is 0 Å². The summed E-state index contributed by atoms with van der Waals surface area (Å²) in [5, 5.41) is 12.0. The first-order valence-corrected chi connectivity index (χ1v) is 15.4. The number of hydrogen-bond acceptors (Lipinski definition) is 2. The van der Waals surface area contributed by atoms with E-state index in [0.717, 1.165) is 19.3 Å². The molecule has 2 atom stereocenters. The number of rotatable bonds is 24. The monoisotopic (exact) mass is 501 g/mol. The first-order valence-electron chi connectivity index (χ1n) is 15.4. The number of likely N-dealkylation sites (N-methyl/N-ethyl adjacent to an activating group) is 1. The maximum atomic E-state index is 12.0. The lowest BCUT2D eigenvalue weighted by Gasteiger charge is -2.40. The number of hydrogen-bond donors (Lipinski definition) is 0. The molecule has 36 heavy (non-hydrogen) atoms. The highest BCUT2D eigenvalue weighted by Crippen LogP contribution is 2.25. The van der Waals surface area contributed by atoms with Crippen LogP contribution in [0.5, 0.6) is 0 Å². The fourth-order valence-electron chi connectivity index (χ4n) is 5.74. The molecule has 2 unspecified atom stereocenters. The van der Waals surface area contributed by atoms with Gasteiger partial charge in [0.25, 0.3) is 0 Å². The van der Waals surface area contributed by atoms with E-state index >= 15 is 0 Å². The van der Waals surface area contributed by atoms with Gasteiger partial charge in [0.05, 0.1) is 27.1 Å². The Morgan fingerprint density at radius 3 is 1.42 bits per heavy atom. The predicted octanol–water partition coefficient (Wildman–Crippen LogP) is 8.10. The van der Waals surface area contributed by atoms with Crippen LogP contribution in [-0.4, -0.2) is 37.6 Å². The number of unbranched alkanes of at least 4 members (excludes halogenated alkanes) is 17. The second-order valence-electron chi connectivity index (χ2n) is 12.1. The number of aliphatic carboxylic acids is 1. The summed E-state index contributed by atoms with van der Waals surface area (Å²) in [6.07, 6.45) is 26.5. The topological polar surface area (TPSA) is 40.1 Å². The van der Waals surface area contributed by atoms with Crippen LogP contribution >= 0.6 is 0 Å². The summed E-state index contributed by atoms with van der Waals surface area (Å²) >= 11 is 0. The van der Waals surface area contributed by atoms with Crippen LogP contribution < -0.4 is 5.11 Å². The van der Waals surface area contributed by atoms with Crippen LogP contribution in [0.4, 0.5) is 0 Å². The molecule has 0 aliphatic carbocycles. The number of nitrogens with zero attached hydrogens (tertiary/aromatic N) is 1. The van der Waals surface area contributed by atoms with Gasteiger partial charge in [0.2, 0.25) is 0 Å². The van der Waals surface area contributed by atoms with E-state index in [1.807, 2.05) is 39.3 Å². The van der Waals surface area contributed by atoms with Gasteiger partial charge in [-0.25, -0.2) is 0 Å². The molecule has 0 aliphatic heterocycles. The van der Waals surface area contributed by atoms with E-state index in [4.69, 9.17) is 0 Å². The Bertz CT molecular complexity index is 637. The van der Waals surface area contributed by atoms with Crippen LogP contribution in [0.2, 0.25) is 0 Å². The van der Waals surface area contributed by atoms with Crippen molar-refractivity contribution in [2.24, 2.45) is 5.92 Å². The highest BCUT2D eigenvalue weighted by Gasteiger charge is 2.33. The Balaban J connectivity index is 2.11. The Kier molecular flexibility index (Phi) is 18.8. The van der Waals surface area contributed by atoms with Gasteiger partial charge in [0.15, 0.2) is 0 Å². The van der Waals surface area contributed by atoms with Gasteiger partial charge in [-0.3, -0.25) is 0 Å². The molecule has 3 heteroatoms. The fourth-order valence-corrected chi connectivity index (χ4v) is 5.74. The minimum atomic E-state index is -0.911. The van der Waals surface area contributed by atoms with Crippen LogP contribution in [0.25, 0.3) is 0 Å². The van der Waals surface area contributed by atoms with Crippen molar-refractivity contribution >= 4 is 5.97 Å². The number of carboxylic acid groups (broad SMARTS) is 1. The minimum absolute atomic E-state index is 0.110. The van der Waals surface area contributed by atoms with Crippen LogP contribution in [0.1, 0.15) is 134 Å². The Labute approximate surface area is 224 Å². The third-order valence-corrected chi connectivity index (χ3v) is 7.79. The van der Waals surface area contributed by atoms with Crippen molar-refractivity contribution in [1.82, 2.24) is 0 Å². The first-order chi connectivity index (χ1) is 17.4. The van der Waals surface area contributed by atoms with Crippen molar-refractivity contribution in [1.29, 1.82) is 0 Å². The molecule has 0 saturated heterocycles. The van der Waals surface area contributed by atoms with Crippen molar-refractivity contribution in [2.75, 3.05) is 21.1 Å². The van der Waals surface area contributed by atoms with Gasteiger partial charge >= 0.3 is 0 Å². The molecule has 208 valence electrons. The largest absolute Gasteiger partial charge is 0.544 e. The van der Waals surface area contributed by atoms with Gasteiger partial charge in [0.1, 0.15) is 6.04 Å². The van der Waals surface area contributed by atoms with E-state index in [1.54, 1.807) is 0 Å². The van der Waals surface area contributed by atoms with E-state index in [-0.39, 0.29) is 5.92 Å². The number of carboxylic acids is 1. The van der Waals surface area contributed by atoms with E-state index < -0.39 is 12.0 Å². The Morgan fingerprint density at radius 1 is 0.667 bits per heavy atom. The lowest BCUT2D eigenvalue weighted by atomic mass is 9.86. The lowest BCUT2D eigenvalue weighted by Crippen LogP contribution is -2.58. The molecule has 0 aromatic heterocycles. The van der Waals surface area contributed by atoms with Crippen LogP contribution in [0, 0.1) is 5.92 Å². The quantitative estimate of drug-likeness (QED) is 0.106. The zero-order valence-corrected chi connectivity index (χ0v) is 24.4. The van der Waals surface area contributed by atoms with Crippen molar-refractivity contribution in [3.05, 3.63) is 35.9 Å². The normalized spacial score (nSPS) is 13.6. The molecular formula is C33H59NO2. The summed E-state index contributed by atoms with van der Waals surface area (Å²) < 4.78 is 0.416. The summed E-state index contributed by atoms with van der Waals surface area (Å²) in [5.41, 5.74) is 1.23. The Hall–Kier alpha value is -1.35. The molecule has 0 spiro atoms. The highest BCUT2D eigenvalue weighted by molar-refractivity contribution is 5.70. The molecule has 0 heterocycles. The number of benzene rings is 1. The highest BCUT2D eigenvalue weighted by atomic mass is 16.4. The molecule has 0 N–H and O–H groups in total. The van der Waals surface area contributed by atoms with Crippen molar-refractivity contribution < 1.29 is 14.4 Å². The van der Waals surface area contributed by atoms with Crippen LogP contribution in [-0.2, 0) is 11.2 Å². The van der Waals surface area contributed by atoms with Crippen molar-refractivity contribution in [2.45, 2.75) is 141 Å². The van der Waals surface area contributed by atoms with E-state index in [9.17, 15) is 9.90 Å². The average molecular weight is 502 g/mol. The minimum Gasteiger partial charge on any atom is -0.544 e. The van der Waals surface area contributed by atoms with Crippen LogP contribution in [0.15, 0.2) is 30.3 Å². The molecule has 0 bridgehead atoms. The van der Waals surface area contributed by atoms with Gasteiger partial charge in [-0.1, -0.05) is 153 Å². The molecule has 1 aromatic rings. The van der Waals surface area contributed by atoms with E-state index in [1.165, 1.54) is 115 Å². The average Bonchev–Trinajstić information content (AvgIpc) is 2.82. The standard InChI is InChI=1S/C33H59NO2/c1-5-6-7-8-9-10-11-12-13-14-15-16-17-18-19-20-21-25-28-31(29-30-26-23-22-24-27-30)32(33(35)36)34(2,3)4/h22-24,26-27,31-32H,5-21,25,28-29H2,1-4H3. The zero-order valence-electron chi connectivity index (χ0n) is 24.4. The summed E-state index contributed by atoms with van der Waals surface area (Å²) in [7, 11) is 5.94. The van der Waals surface area contributed by atoms with Gasteiger partial charge in [0, 0.05) is 5.92 Å². The van der Waals surface area contributed by atoms with E-state index in [2.05, 4.69) is 19.1 Å². The second kappa shape index (κ2) is 20.7. The van der Waals surface area contributed by atoms with Gasteiger partial charge in [-0.05, 0) is 18.4 Å². The summed E-state index contributed by atoms with van der Waals surface area (Å²) in [5.74, 6) is -0.802. The van der Waals surface area contributed by atoms with Gasteiger partial charge in [-0.15, -0.1) is 0 Å². The molecule has 0 saturated carbocycles. The second-order valence-corrected chi connectivity index (χ2v) is 12.1. The Morgan fingerprint density at radius 2 is 1.06 bits per heavy atom. The number of carbonyl (C=O) groups is 1. The molecular weight excluding hydrogens is 442 g/mol. The fraction of sp³-hybridized carbons (Fsp3) is 0.788. The number of quaternary nitrogens is 1. The molecule has 1 aromatic carbocycles. The first kappa shape index (κ1) is 32.7. The third-order valence-electron chi connectivity index (χ3n) is 7.79. The molecule has 1 rings (SSSR count). The third kappa shape index (κ3) is 16.4.